The molecule has 0 spiro atoms. The second-order valence-electron chi connectivity index (χ2n) is 10.9. The maximum Gasteiger partial charge on any atom is 0.416 e. The van der Waals surface area contributed by atoms with Gasteiger partial charge in [0.05, 0.1) is 17.6 Å². The van der Waals surface area contributed by atoms with Crippen LogP contribution in [0.15, 0.2) is 84.9 Å². The minimum absolute atomic E-state index is 0.240. The summed E-state index contributed by atoms with van der Waals surface area (Å²) in [6.45, 7) is 7.50. The number of ether oxygens (including phenoxy) is 1. The number of halogens is 3. The van der Waals surface area contributed by atoms with Crippen molar-refractivity contribution < 1.29 is 27.5 Å². The highest BCUT2D eigenvalue weighted by molar-refractivity contribution is 5.89. The summed E-state index contributed by atoms with van der Waals surface area (Å²) in [5, 5.41) is 5.74. The molecule has 2 atom stereocenters. The normalized spacial score (nSPS) is 16.0. The third-order valence-electron chi connectivity index (χ3n) is 6.73. The Kier molecular flexibility index (Phi) is 9.22. The van der Waals surface area contributed by atoms with Crippen molar-refractivity contribution in [2.75, 3.05) is 31.5 Å². The van der Waals surface area contributed by atoms with Crippen molar-refractivity contribution in [3.63, 3.8) is 0 Å². The highest BCUT2D eigenvalue weighted by Gasteiger charge is 2.35. The molecule has 1 saturated heterocycles. The largest absolute Gasteiger partial charge is 0.444 e. The van der Waals surface area contributed by atoms with Gasteiger partial charge in [0, 0.05) is 31.9 Å². The summed E-state index contributed by atoms with van der Waals surface area (Å²) >= 11 is 0. The maximum atomic E-state index is 13.2. The van der Waals surface area contributed by atoms with Crippen LogP contribution in [0, 0.1) is 0 Å². The van der Waals surface area contributed by atoms with E-state index in [1.165, 1.54) is 12.1 Å². The zero-order valence-corrected chi connectivity index (χ0v) is 23.3. The number of hydrogen-bond acceptors (Lipinski definition) is 4. The fourth-order valence-electron chi connectivity index (χ4n) is 4.83. The van der Waals surface area contributed by atoms with E-state index in [0.29, 0.717) is 26.2 Å². The van der Waals surface area contributed by atoms with Gasteiger partial charge in [0.1, 0.15) is 5.60 Å². The molecule has 4 rings (SSSR count). The van der Waals surface area contributed by atoms with E-state index < -0.39 is 29.4 Å². The summed E-state index contributed by atoms with van der Waals surface area (Å²) in [6.07, 6.45) is -4.82. The first-order valence-corrected chi connectivity index (χ1v) is 13.5. The lowest BCUT2D eigenvalue weighted by Crippen LogP contribution is -2.53. The van der Waals surface area contributed by atoms with Crippen molar-refractivity contribution in [3.8, 4) is 0 Å². The first kappa shape index (κ1) is 29.9. The van der Waals surface area contributed by atoms with Crippen LogP contribution in [0.1, 0.15) is 49.5 Å². The van der Waals surface area contributed by atoms with Gasteiger partial charge in [-0.2, -0.15) is 13.2 Å². The zero-order valence-electron chi connectivity index (χ0n) is 23.3. The Morgan fingerprint density at radius 3 is 1.83 bits per heavy atom. The van der Waals surface area contributed by atoms with E-state index in [-0.39, 0.29) is 17.8 Å². The first-order chi connectivity index (χ1) is 19.4. The number of rotatable bonds is 6. The lowest BCUT2D eigenvalue weighted by Gasteiger charge is -2.43. The summed E-state index contributed by atoms with van der Waals surface area (Å²) in [7, 11) is 0. The predicted molar refractivity (Wildman–Crippen MR) is 151 cm³/mol. The fourth-order valence-corrected chi connectivity index (χ4v) is 4.83. The number of anilines is 1. The molecule has 1 aliphatic heterocycles. The van der Waals surface area contributed by atoms with Crippen LogP contribution >= 0.6 is 0 Å². The number of hydrogen-bond donors (Lipinski definition) is 2. The van der Waals surface area contributed by atoms with Gasteiger partial charge in [0.2, 0.25) is 0 Å². The molecule has 1 fully saturated rings. The quantitative estimate of drug-likeness (QED) is 0.341. The monoisotopic (exact) mass is 568 g/mol. The number of urea groups is 1. The van der Waals surface area contributed by atoms with E-state index >= 15 is 0 Å². The van der Waals surface area contributed by atoms with Crippen LogP contribution in [-0.2, 0) is 10.9 Å². The minimum Gasteiger partial charge on any atom is -0.444 e. The average Bonchev–Trinajstić information content (AvgIpc) is 2.93. The van der Waals surface area contributed by atoms with E-state index in [0.717, 1.165) is 23.3 Å². The molecule has 1 heterocycles. The van der Waals surface area contributed by atoms with Crippen molar-refractivity contribution in [3.05, 3.63) is 102 Å². The van der Waals surface area contributed by atoms with Gasteiger partial charge < -0.3 is 20.3 Å². The van der Waals surface area contributed by atoms with Crippen LogP contribution in [0.4, 0.5) is 28.4 Å². The maximum absolute atomic E-state index is 13.2. The number of nitrogens with one attached hydrogen (secondary N) is 2. The van der Waals surface area contributed by atoms with Crippen LogP contribution in [0.5, 0.6) is 0 Å². The van der Waals surface area contributed by atoms with Gasteiger partial charge in [-0.25, -0.2) is 9.59 Å². The van der Waals surface area contributed by atoms with Crippen molar-refractivity contribution in [1.82, 2.24) is 15.1 Å². The van der Waals surface area contributed by atoms with Gasteiger partial charge in [-0.15, -0.1) is 0 Å². The van der Waals surface area contributed by atoms with Gasteiger partial charge in [0.25, 0.3) is 0 Å². The number of alkyl halides is 3. The molecule has 0 unspecified atom stereocenters. The highest BCUT2D eigenvalue weighted by Crippen LogP contribution is 2.35. The van der Waals surface area contributed by atoms with Crippen molar-refractivity contribution in [2.24, 2.45) is 0 Å². The van der Waals surface area contributed by atoms with Gasteiger partial charge in [-0.05, 0) is 56.2 Å². The van der Waals surface area contributed by atoms with Crippen LogP contribution < -0.4 is 10.6 Å². The number of piperazine rings is 1. The molecule has 0 saturated carbocycles. The van der Waals surface area contributed by atoms with Gasteiger partial charge in [-0.3, -0.25) is 4.90 Å². The molecule has 3 amide bonds. The number of carbonyl (C=O) groups excluding carboxylic acids is 2. The molecule has 3 aromatic rings. The molecule has 218 valence electrons. The molecule has 7 nitrogen and oxygen atoms in total. The Hall–Kier alpha value is -4.05. The summed E-state index contributed by atoms with van der Waals surface area (Å²) in [5.41, 5.74) is 0.689. The predicted octanol–water partition coefficient (Wildman–Crippen LogP) is 6.86. The second-order valence-corrected chi connectivity index (χ2v) is 10.9. The third-order valence-corrected chi connectivity index (χ3v) is 6.73. The van der Waals surface area contributed by atoms with Gasteiger partial charge >= 0.3 is 18.3 Å². The molecule has 10 heteroatoms. The Morgan fingerprint density at radius 1 is 0.780 bits per heavy atom. The molecular weight excluding hydrogens is 533 g/mol. The zero-order chi connectivity index (χ0) is 29.6. The highest BCUT2D eigenvalue weighted by atomic mass is 19.4. The summed E-state index contributed by atoms with van der Waals surface area (Å²) in [5.74, 6) is 0. The fraction of sp³-hybridized carbons (Fsp3) is 0.355. The topological polar surface area (TPSA) is 73.9 Å². The van der Waals surface area contributed by atoms with E-state index in [4.69, 9.17) is 4.74 Å². The van der Waals surface area contributed by atoms with Crippen LogP contribution in [0.2, 0.25) is 0 Å². The molecule has 41 heavy (non-hydrogen) atoms. The first-order valence-electron chi connectivity index (χ1n) is 13.5. The van der Waals surface area contributed by atoms with Gasteiger partial charge in [-0.1, -0.05) is 60.7 Å². The lowest BCUT2D eigenvalue weighted by atomic mass is 9.91. The number of carbonyl (C=O) groups is 2. The van der Waals surface area contributed by atoms with Crippen molar-refractivity contribution >= 4 is 17.8 Å². The number of benzene rings is 3. The second kappa shape index (κ2) is 12.6. The number of nitrogens with zero attached hydrogens (tertiary/aromatic N) is 2. The lowest BCUT2D eigenvalue weighted by molar-refractivity contribution is -0.137. The molecule has 0 radical (unpaired) electrons. The molecule has 0 aliphatic carbocycles. The molecular formula is C31H35F3N4O3. The average molecular weight is 569 g/mol. The van der Waals surface area contributed by atoms with E-state index in [9.17, 15) is 22.8 Å². The standard InChI is InChI=1S/C31H35F3N4O3/c1-30(2,3)41-29(40)38-20-18-37(19-21-38)27(23-12-8-5-9-13-23)26(22-10-6-4-7-11-22)36-28(39)35-25-16-14-24(15-17-25)31(32,33)34/h4-17,26-27H,18-21H2,1-3H3,(H2,35,36,39)/t26-,27+/m0/s1. The smallest absolute Gasteiger partial charge is 0.416 e. The molecule has 3 aromatic carbocycles. The Bertz CT molecular complexity index is 1290. The Morgan fingerprint density at radius 2 is 1.32 bits per heavy atom. The van der Waals surface area contributed by atoms with Crippen LogP contribution in [0.3, 0.4) is 0 Å². The Labute approximate surface area is 238 Å². The molecule has 2 N–H and O–H groups in total. The minimum atomic E-state index is -4.46. The molecule has 0 aromatic heterocycles. The third kappa shape index (κ3) is 8.23. The number of amides is 3. The molecule has 1 aliphatic rings. The van der Waals surface area contributed by atoms with Gasteiger partial charge in [0.15, 0.2) is 0 Å². The van der Waals surface area contributed by atoms with Crippen molar-refractivity contribution in [2.45, 2.75) is 44.6 Å². The summed E-state index contributed by atoms with van der Waals surface area (Å²) in [6, 6.07) is 22.3. The van der Waals surface area contributed by atoms with Crippen molar-refractivity contribution in [1.29, 1.82) is 0 Å². The molecule has 0 bridgehead atoms. The van der Waals surface area contributed by atoms with Crippen LogP contribution in [0.25, 0.3) is 0 Å². The van der Waals surface area contributed by atoms with E-state index in [1.807, 2.05) is 81.4 Å². The Balaban J connectivity index is 1.57. The summed E-state index contributed by atoms with van der Waals surface area (Å²) < 4.78 is 44.5. The van der Waals surface area contributed by atoms with E-state index in [1.54, 1.807) is 4.90 Å². The SMILES string of the molecule is CC(C)(C)OC(=O)N1CCN([C@H](c2ccccc2)[C@@H](NC(=O)Nc2ccc(C(F)(F)F)cc2)c2ccccc2)CC1. The summed E-state index contributed by atoms with van der Waals surface area (Å²) in [4.78, 5) is 29.8. The van der Waals surface area contributed by atoms with E-state index in [2.05, 4.69) is 15.5 Å². The van der Waals surface area contributed by atoms with Crippen LogP contribution in [-0.4, -0.2) is 53.7 Å².